The van der Waals surface area contributed by atoms with Crippen LogP contribution in [0.3, 0.4) is 0 Å². The van der Waals surface area contributed by atoms with Gasteiger partial charge < -0.3 is 10.2 Å². The maximum atomic E-state index is 13.4. The fourth-order valence-corrected chi connectivity index (χ4v) is 4.53. The molecule has 2 aromatic carbocycles. The molecule has 6 heteroatoms. The molecular formula is C26H29N5O. The van der Waals surface area contributed by atoms with Gasteiger partial charge in [0, 0.05) is 19.2 Å². The summed E-state index contributed by atoms with van der Waals surface area (Å²) in [5, 5.41) is 15.1. The Morgan fingerprint density at radius 3 is 2.56 bits per heavy atom. The summed E-state index contributed by atoms with van der Waals surface area (Å²) in [4.78, 5) is 19.7. The van der Waals surface area contributed by atoms with Crippen LogP contribution >= 0.6 is 0 Å². The average molecular weight is 428 g/mol. The lowest BCUT2D eigenvalue weighted by molar-refractivity contribution is -0.118. The van der Waals surface area contributed by atoms with Gasteiger partial charge in [-0.25, -0.2) is 0 Å². The van der Waals surface area contributed by atoms with E-state index in [1.807, 2.05) is 66.9 Å². The molecule has 0 bridgehead atoms. The summed E-state index contributed by atoms with van der Waals surface area (Å²) in [7, 11) is 1.79. The number of likely N-dealkylation sites (N-methyl/N-ethyl adjacent to an activating group) is 1. The van der Waals surface area contributed by atoms with Crippen LogP contribution in [0, 0.1) is 17.4 Å². The zero-order chi connectivity index (χ0) is 22.3. The Bertz CT molecular complexity index is 1050. The minimum absolute atomic E-state index is 0.103. The maximum absolute atomic E-state index is 13.4. The molecule has 0 radical (unpaired) electrons. The molecule has 4 rings (SSSR count). The number of aliphatic imine (C=N–C) groups is 1. The van der Waals surface area contributed by atoms with E-state index >= 15 is 0 Å². The van der Waals surface area contributed by atoms with Gasteiger partial charge in [-0.2, -0.15) is 5.26 Å². The van der Waals surface area contributed by atoms with Gasteiger partial charge in [0.15, 0.2) is 6.19 Å². The number of amides is 1. The van der Waals surface area contributed by atoms with Gasteiger partial charge in [0.2, 0.25) is 5.96 Å². The number of nitrogens with zero attached hydrogens (tertiary/aromatic N) is 3. The molecule has 2 N–H and O–H groups in total. The molecule has 1 amide bonds. The van der Waals surface area contributed by atoms with Crippen molar-refractivity contribution < 1.29 is 4.79 Å². The Kier molecular flexibility index (Phi) is 6.86. The summed E-state index contributed by atoms with van der Waals surface area (Å²) in [6, 6.07) is 17.3. The van der Waals surface area contributed by atoms with Gasteiger partial charge in [-0.1, -0.05) is 67.8 Å². The van der Waals surface area contributed by atoms with Crippen molar-refractivity contribution in [2.75, 3.05) is 18.5 Å². The number of hydrogen-bond acceptors (Lipinski definition) is 3. The third-order valence-electron chi connectivity index (χ3n) is 6.27. The molecule has 6 nitrogen and oxygen atoms in total. The van der Waals surface area contributed by atoms with E-state index in [1.165, 1.54) is 32.1 Å². The fraction of sp³-hybridized carbons (Fsp3) is 0.346. The molecule has 32 heavy (non-hydrogen) atoms. The fourth-order valence-electron chi connectivity index (χ4n) is 4.53. The summed E-state index contributed by atoms with van der Waals surface area (Å²) in [6.45, 7) is 0.656. The SMILES string of the molecule is CN1C(=O)C(NC(=NCC2CCCCC2)NC#N)C=C(c2ccccc2)c2ccccc21. The summed E-state index contributed by atoms with van der Waals surface area (Å²) in [5.74, 6) is 0.779. The summed E-state index contributed by atoms with van der Waals surface area (Å²) >= 11 is 0. The van der Waals surface area contributed by atoms with Crippen LogP contribution < -0.4 is 15.5 Å². The topological polar surface area (TPSA) is 80.5 Å². The van der Waals surface area contributed by atoms with Crippen LogP contribution in [-0.2, 0) is 4.79 Å². The van der Waals surface area contributed by atoms with Crippen LogP contribution in [0.15, 0.2) is 65.7 Å². The molecule has 2 aromatic rings. The highest BCUT2D eigenvalue weighted by molar-refractivity contribution is 6.07. The monoisotopic (exact) mass is 427 g/mol. The van der Waals surface area contributed by atoms with Crippen LogP contribution in [0.1, 0.15) is 43.2 Å². The Morgan fingerprint density at radius 2 is 1.81 bits per heavy atom. The lowest BCUT2D eigenvalue weighted by Gasteiger charge is -2.23. The number of para-hydroxylation sites is 1. The highest BCUT2D eigenvalue weighted by atomic mass is 16.2. The Morgan fingerprint density at radius 1 is 1.09 bits per heavy atom. The van der Waals surface area contributed by atoms with Gasteiger partial charge in [-0.05, 0) is 42.0 Å². The van der Waals surface area contributed by atoms with Crippen molar-refractivity contribution in [3.8, 4) is 6.19 Å². The van der Waals surface area contributed by atoms with Crippen molar-refractivity contribution in [3.05, 3.63) is 71.8 Å². The molecule has 1 heterocycles. The highest BCUT2D eigenvalue weighted by Gasteiger charge is 2.29. The van der Waals surface area contributed by atoms with Crippen molar-refractivity contribution in [2.45, 2.75) is 38.1 Å². The van der Waals surface area contributed by atoms with Gasteiger partial charge in [0.05, 0.1) is 5.69 Å². The van der Waals surface area contributed by atoms with Crippen molar-refractivity contribution in [1.29, 1.82) is 5.26 Å². The van der Waals surface area contributed by atoms with Crippen molar-refractivity contribution in [3.63, 3.8) is 0 Å². The lowest BCUT2D eigenvalue weighted by atomic mass is 9.89. The third-order valence-corrected chi connectivity index (χ3v) is 6.27. The van der Waals surface area contributed by atoms with E-state index in [1.54, 1.807) is 11.9 Å². The number of fused-ring (bicyclic) bond motifs is 1. The van der Waals surface area contributed by atoms with E-state index in [9.17, 15) is 10.1 Å². The first-order chi connectivity index (χ1) is 15.7. The van der Waals surface area contributed by atoms with Crippen LogP contribution in [-0.4, -0.2) is 31.5 Å². The van der Waals surface area contributed by atoms with E-state index < -0.39 is 6.04 Å². The minimum Gasteiger partial charge on any atom is -0.340 e. The van der Waals surface area contributed by atoms with Crippen molar-refractivity contribution in [1.82, 2.24) is 10.6 Å². The van der Waals surface area contributed by atoms with Crippen LogP contribution in [0.25, 0.3) is 5.57 Å². The number of carbonyl (C=O) groups excluding carboxylic acids is 1. The molecule has 1 atom stereocenters. The second-order valence-electron chi connectivity index (χ2n) is 8.41. The number of rotatable bonds is 4. The number of benzene rings is 2. The average Bonchev–Trinajstić information content (AvgIpc) is 2.94. The third kappa shape index (κ3) is 4.83. The zero-order valence-corrected chi connectivity index (χ0v) is 18.4. The van der Waals surface area contributed by atoms with Gasteiger partial charge >= 0.3 is 0 Å². The number of nitriles is 1. The normalized spacial score (nSPS) is 19.4. The Balaban J connectivity index is 1.67. The summed E-state index contributed by atoms with van der Waals surface area (Å²) in [5.41, 5.74) is 3.85. The van der Waals surface area contributed by atoms with Crippen LogP contribution in [0.5, 0.6) is 0 Å². The first kappa shape index (κ1) is 21.6. The Labute approximate surface area is 189 Å². The largest absolute Gasteiger partial charge is 0.340 e. The zero-order valence-electron chi connectivity index (χ0n) is 18.4. The van der Waals surface area contributed by atoms with E-state index in [2.05, 4.69) is 15.6 Å². The first-order valence-corrected chi connectivity index (χ1v) is 11.3. The second-order valence-corrected chi connectivity index (χ2v) is 8.41. The molecular weight excluding hydrogens is 398 g/mol. The maximum Gasteiger partial charge on any atom is 0.253 e. The quantitative estimate of drug-likeness (QED) is 0.334. The molecule has 1 unspecified atom stereocenters. The minimum atomic E-state index is -0.659. The van der Waals surface area contributed by atoms with E-state index in [0.717, 1.165) is 22.4 Å². The number of nitrogens with one attached hydrogen (secondary N) is 2. The smallest absolute Gasteiger partial charge is 0.253 e. The molecule has 0 aromatic heterocycles. The van der Waals surface area contributed by atoms with Gasteiger partial charge in [-0.15, -0.1) is 0 Å². The standard InChI is InChI=1S/C26H29N5O/c1-31-24-15-9-8-14-21(24)22(20-12-6-3-7-13-20)16-23(25(31)32)30-26(29-18-27)28-17-19-10-4-2-5-11-19/h3,6-9,12-16,19,23H,2,4-5,10-11,17H2,1H3,(H2,28,29,30). The number of carbonyl (C=O) groups is 1. The molecule has 164 valence electrons. The van der Waals surface area contributed by atoms with Crippen molar-refractivity contribution in [2.24, 2.45) is 10.9 Å². The van der Waals surface area contributed by atoms with Gasteiger partial charge in [-0.3, -0.25) is 15.1 Å². The number of anilines is 1. The molecule has 1 saturated carbocycles. The summed E-state index contributed by atoms with van der Waals surface area (Å²) < 4.78 is 0. The molecule has 1 aliphatic heterocycles. The highest BCUT2D eigenvalue weighted by Crippen LogP contribution is 2.34. The van der Waals surface area contributed by atoms with E-state index in [4.69, 9.17) is 0 Å². The molecule has 1 aliphatic carbocycles. The molecule has 1 fully saturated rings. The number of hydrogen-bond donors (Lipinski definition) is 2. The molecule has 0 spiro atoms. The predicted octanol–water partition coefficient (Wildman–Crippen LogP) is 4.06. The van der Waals surface area contributed by atoms with Crippen molar-refractivity contribution >= 4 is 23.1 Å². The number of guanidine groups is 1. The van der Waals surface area contributed by atoms with Gasteiger partial charge in [0.25, 0.3) is 5.91 Å². The van der Waals surface area contributed by atoms with Gasteiger partial charge in [0.1, 0.15) is 6.04 Å². The molecule has 2 aliphatic rings. The molecule has 0 saturated heterocycles. The predicted molar refractivity (Wildman–Crippen MR) is 128 cm³/mol. The summed E-state index contributed by atoms with van der Waals surface area (Å²) in [6.07, 6.45) is 10.0. The second kappa shape index (κ2) is 10.1. The lowest BCUT2D eigenvalue weighted by Crippen LogP contribution is -2.49. The van der Waals surface area contributed by atoms with E-state index in [0.29, 0.717) is 18.4 Å². The van der Waals surface area contributed by atoms with Crippen LogP contribution in [0.2, 0.25) is 0 Å². The van der Waals surface area contributed by atoms with Crippen LogP contribution in [0.4, 0.5) is 5.69 Å². The van der Waals surface area contributed by atoms with E-state index in [-0.39, 0.29) is 5.91 Å². The first-order valence-electron chi connectivity index (χ1n) is 11.3. The Hall–Kier alpha value is -3.59.